The van der Waals surface area contributed by atoms with Gasteiger partial charge in [-0.25, -0.2) is 0 Å². The molecule has 0 bridgehead atoms. The summed E-state index contributed by atoms with van der Waals surface area (Å²) in [5.41, 5.74) is -0.854. The van der Waals surface area contributed by atoms with Gasteiger partial charge in [-0.2, -0.15) is 0 Å². The first-order valence-corrected chi connectivity index (χ1v) is 4.99. The van der Waals surface area contributed by atoms with Crippen molar-refractivity contribution in [1.29, 1.82) is 0 Å². The van der Waals surface area contributed by atoms with E-state index in [0.29, 0.717) is 0 Å². The molecule has 0 saturated carbocycles. The molecule has 0 spiro atoms. The third kappa shape index (κ3) is 5.59. The molecule has 0 aliphatic rings. The zero-order valence-corrected chi connectivity index (χ0v) is 9.54. The first-order valence-electron chi connectivity index (χ1n) is 4.55. The maximum atomic E-state index is 11.1. The van der Waals surface area contributed by atoms with E-state index in [4.69, 9.17) is 21.8 Å². The molecule has 1 amide bonds. The van der Waals surface area contributed by atoms with Gasteiger partial charge in [0, 0.05) is 12.0 Å². The molecule has 0 aromatic rings. The van der Waals surface area contributed by atoms with Crippen LogP contribution >= 0.6 is 11.6 Å². The van der Waals surface area contributed by atoms with Crippen LogP contribution in [0.1, 0.15) is 20.3 Å². The second kappa shape index (κ2) is 5.92. The van der Waals surface area contributed by atoms with E-state index in [0.717, 1.165) is 0 Å². The smallest absolute Gasteiger partial charge is 0.304 e. The molecule has 0 aromatic carbocycles. The SMILES string of the molecule is CC(Cl)C(=O)NCC(C)(CO)CC(=O)O. The van der Waals surface area contributed by atoms with Gasteiger partial charge in [-0.05, 0) is 6.92 Å². The molecule has 0 heterocycles. The number of carbonyl (C=O) groups is 2. The van der Waals surface area contributed by atoms with Gasteiger partial charge in [-0.1, -0.05) is 6.92 Å². The Bertz CT molecular complexity index is 244. The molecule has 0 fully saturated rings. The number of amides is 1. The summed E-state index contributed by atoms with van der Waals surface area (Å²) in [6.07, 6.45) is -0.208. The number of carboxylic acids is 1. The molecule has 88 valence electrons. The summed E-state index contributed by atoms with van der Waals surface area (Å²) in [5.74, 6) is -1.39. The number of aliphatic hydroxyl groups excluding tert-OH is 1. The van der Waals surface area contributed by atoms with Crippen LogP contribution in [0.25, 0.3) is 0 Å². The topological polar surface area (TPSA) is 86.6 Å². The van der Waals surface area contributed by atoms with E-state index in [1.165, 1.54) is 6.92 Å². The van der Waals surface area contributed by atoms with Crippen molar-refractivity contribution in [2.24, 2.45) is 5.41 Å². The quantitative estimate of drug-likeness (QED) is 0.576. The zero-order valence-electron chi connectivity index (χ0n) is 8.79. The summed E-state index contributed by atoms with van der Waals surface area (Å²) in [5, 5.41) is 19.5. The highest BCUT2D eigenvalue weighted by Crippen LogP contribution is 2.19. The van der Waals surface area contributed by atoms with E-state index in [-0.39, 0.29) is 25.5 Å². The monoisotopic (exact) mass is 237 g/mol. The van der Waals surface area contributed by atoms with Crippen molar-refractivity contribution >= 4 is 23.5 Å². The van der Waals surface area contributed by atoms with Crippen molar-refractivity contribution in [3.05, 3.63) is 0 Å². The lowest BCUT2D eigenvalue weighted by Crippen LogP contribution is -2.41. The van der Waals surface area contributed by atoms with Crippen LogP contribution in [0, 0.1) is 5.41 Å². The maximum Gasteiger partial charge on any atom is 0.304 e. The number of carbonyl (C=O) groups excluding carboxylic acids is 1. The molecule has 15 heavy (non-hydrogen) atoms. The molecule has 0 aliphatic carbocycles. The normalized spacial score (nSPS) is 16.5. The number of hydrogen-bond acceptors (Lipinski definition) is 3. The molecule has 3 N–H and O–H groups in total. The van der Waals surface area contributed by atoms with Gasteiger partial charge < -0.3 is 15.5 Å². The van der Waals surface area contributed by atoms with Gasteiger partial charge >= 0.3 is 5.97 Å². The summed E-state index contributed by atoms with van der Waals surface area (Å²) < 4.78 is 0. The average molecular weight is 238 g/mol. The minimum absolute atomic E-state index is 0.0890. The van der Waals surface area contributed by atoms with Gasteiger partial charge in [0.1, 0.15) is 5.38 Å². The average Bonchev–Trinajstić information content (AvgIpc) is 2.13. The van der Waals surface area contributed by atoms with E-state index in [2.05, 4.69) is 5.32 Å². The van der Waals surface area contributed by atoms with Crippen molar-refractivity contribution in [1.82, 2.24) is 5.32 Å². The van der Waals surface area contributed by atoms with Crippen LogP contribution in [0.2, 0.25) is 0 Å². The molecule has 0 aromatic heterocycles. The Morgan fingerprint density at radius 2 is 2.07 bits per heavy atom. The van der Waals surface area contributed by atoms with Crippen LogP contribution in [0.15, 0.2) is 0 Å². The Morgan fingerprint density at radius 1 is 1.53 bits per heavy atom. The van der Waals surface area contributed by atoms with Crippen LogP contribution in [0.5, 0.6) is 0 Å². The molecule has 2 atom stereocenters. The van der Waals surface area contributed by atoms with Crippen molar-refractivity contribution in [3.63, 3.8) is 0 Å². The molecule has 2 unspecified atom stereocenters. The summed E-state index contributed by atoms with van der Waals surface area (Å²) >= 11 is 5.52. The predicted molar refractivity (Wildman–Crippen MR) is 55.8 cm³/mol. The highest BCUT2D eigenvalue weighted by atomic mass is 35.5. The number of carboxylic acid groups (broad SMARTS) is 1. The number of hydrogen-bond donors (Lipinski definition) is 3. The van der Waals surface area contributed by atoms with E-state index in [9.17, 15) is 9.59 Å². The van der Waals surface area contributed by atoms with E-state index < -0.39 is 16.8 Å². The summed E-state index contributed by atoms with van der Waals surface area (Å²) in [4.78, 5) is 21.6. The van der Waals surface area contributed by atoms with Crippen LogP contribution in [0.3, 0.4) is 0 Å². The van der Waals surface area contributed by atoms with Gasteiger partial charge in [0.25, 0.3) is 0 Å². The number of alkyl halides is 1. The van der Waals surface area contributed by atoms with Gasteiger partial charge in [0.05, 0.1) is 13.0 Å². The highest BCUT2D eigenvalue weighted by Gasteiger charge is 2.27. The maximum absolute atomic E-state index is 11.1. The number of aliphatic carboxylic acids is 1. The first kappa shape index (κ1) is 14.2. The van der Waals surface area contributed by atoms with Crippen molar-refractivity contribution < 1.29 is 19.8 Å². The zero-order chi connectivity index (χ0) is 12.1. The summed E-state index contributed by atoms with van der Waals surface area (Å²) in [6.45, 7) is 2.88. The number of nitrogens with one attached hydrogen (secondary N) is 1. The molecule has 5 nitrogen and oxygen atoms in total. The molecular weight excluding hydrogens is 222 g/mol. The van der Waals surface area contributed by atoms with Crippen LogP contribution in [-0.2, 0) is 9.59 Å². The molecule has 0 aliphatic heterocycles. The summed E-state index contributed by atoms with van der Waals surface area (Å²) in [7, 11) is 0. The van der Waals surface area contributed by atoms with Crippen LogP contribution in [-0.4, -0.2) is 40.6 Å². The van der Waals surface area contributed by atoms with Crippen molar-refractivity contribution in [3.8, 4) is 0 Å². The Morgan fingerprint density at radius 3 is 2.40 bits per heavy atom. The predicted octanol–water partition coefficient (Wildman–Crippen LogP) is 0.203. The minimum Gasteiger partial charge on any atom is -0.481 e. The standard InChI is InChI=1S/C9H16ClNO4/c1-6(10)8(15)11-4-9(2,5-12)3-7(13)14/h6,12H,3-5H2,1-2H3,(H,11,15)(H,13,14). The van der Waals surface area contributed by atoms with Crippen molar-refractivity contribution in [2.45, 2.75) is 25.6 Å². The molecular formula is C9H16ClNO4. The Balaban J connectivity index is 4.20. The van der Waals surface area contributed by atoms with Gasteiger partial charge in [0.15, 0.2) is 0 Å². The molecule has 0 saturated heterocycles. The van der Waals surface area contributed by atoms with Crippen LogP contribution < -0.4 is 5.32 Å². The van der Waals surface area contributed by atoms with E-state index >= 15 is 0 Å². The third-order valence-electron chi connectivity index (χ3n) is 2.01. The fourth-order valence-electron chi connectivity index (χ4n) is 0.981. The number of aliphatic hydroxyl groups is 1. The third-order valence-corrected chi connectivity index (χ3v) is 2.21. The van der Waals surface area contributed by atoms with E-state index in [1.807, 2.05) is 0 Å². The Hall–Kier alpha value is -0.810. The van der Waals surface area contributed by atoms with Gasteiger partial charge in [0.2, 0.25) is 5.91 Å². The lowest BCUT2D eigenvalue weighted by Gasteiger charge is -2.25. The van der Waals surface area contributed by atoms with E-state index in [1.54, 1.807) is 6.92 Å². The largest absolute Gasteiger partial charge is 0.481 e. The molecule has 6 heteroatoms. The highest BCUT2D eigenvalue weighted by molar-refractivity contribution is 6.30. The Kier molecular flexibility index (Phi) is 5.60. The van der Waals surface area contributed by atoms with Crippen molar-refractivity contribution in [2.75, 3.05) is 13.2 Å². The molecule has 0 rings (SSSR count). The molecule has 0 radical (unpaired) electrons. The lowest BCUT2D eigenvalue weighted by atomic mass is 9.88. The second-order valence-electron chi connectivity index (χ2n) is 3.87. The fraction of sp³-hybridized carbons (Fsp3) is 0.778. The number of halogens is 1. The van der Waals surface area contributed by atoms with Gasteiger partial charge in [-0.15, -0.1) is 11.6 Å². The van der Waals surface area contributed by atoms with Gasteiger partial charge in [-0.3, -0.25) is 9.59 Å². The minimum atomic E-state index is -1.01. The summed E-state index contributed by atoms with van der Waals surface area (Å²) in [6, 6.07) is 0. The Labute approximate surface area is 93.4 Å². The second-order valence-corrected chi connectivity index (χ2v) is 4.53. The number of rotatable bonds is 6. The van der Waals surface area contributed by atoms with Crippen LogP contribution in [0.4, 0.5) is 0 Å². The lowest BCUT2D eigenvalue weighted by molar-refractivity contribution is -0.140. The fourth-order valence-corrected chi connectivity index (χ4v) is 1.06. The first-order chi connectivity index (χ1) is 6.80.